The summed E-state index contributed by atoms with van der Waals surface area (Å²) in [5, 5.41) is 16.9. The number of nitriles is 1. The summed E-state index contributed by atoms with van der Waals surface area (Å²) in [5.74, 6) is -0.277. The highest BCUT2D eigenvalue weighted by Crippen LogP contribution is 2.26. The first-order valence-electron chi connectivity index (χ1n) is 8.96. The minimum atomic E-state index is -0.378. The zero-order valence-electron chi connectivity index (χ0n) is 15.5. The van der Waals surface area contributed by atoms with Crippen LogP contribution in [0.3, 0.4) is 0 Å². The molecule has 1 atom stereocenters. The zero-order chi connectivity index (χ0) is 20.4. The van der Waals surface area contributed by atoms with Crippen LogP contribution in [-0.2, 0) is 11.2 Å². The Labute approximate surface area is 170 Å². The van der Waals surface area contributed by atoms with Gasteiger partial charge in [0.2, 0.25) is 5.91 Å². The van der Waals surface area contributed by atoms with Gasteiger partial charge < -0.3 is 5.32 Å². The van der Waals surface area contributed by atoms with Crippen LogP contribution in [0.5, 0.6) is 0 Å². The van der Waals surface area contributed by atoms with E-state index in [4.69, 9.17) is 5.26 Å². The molecule has 0 unspecified atom stereocenters. The molecule has 144 valence electrons. The second-order valence-corrected chi connectivity index (χ2v) is 7.52. The molecule has 4 aromatic rings. The van der Waals surface area contributed by atoms with Crippen molar-refractivity contribution in [3.05, 3.63) is 91.7 Å². The number of H-pyrrole nitrogens is 1. The Morgan fingerprint density at radius 1 is 1.31 bits per heavy atom. The molecule has 3 heterocycles. The minimum absolute atomic E-state index is 0.101. The van der Waals surface area contributed by atoms with Crippen LogP contribution in [0.25, 0.3) is 5.65 Å². The van der Waals surface area contributed by atoms with E-state index in [1.807, 2.05) is 53.9 Å². The van der Waals surface area contributed by atoms with Gasteiger partial charge >= 0.3 is 0 Å². The maximum Gasteiger partial charge on any atom is 0.276 e. The lowest BCUT2D eigenvalue weighted by Crippen LogP contribution is -2.33. The normalized spacial score (nSPS) is 11.9. The summed E-state index contributed by atoms with van der Waals surface area (Å²) in [6, 6.07) is 15.3. The standard InChI is InChI=1S/C21H17N5O2S/c1-13-16(21(28)26-20(24-13)15(11-22)12-23-26)10-18(27)25-19(17-8-5-9-29-17)14-6-3-2-4-7-14/h2-9,12,19,23H,10H2,1H3,(H,25,27)/t19-/m1/s1. The van der Waals surface area contributed by atoms with Gasteiger partial charge in [-0.3, -0.25) is 14.7 Å². The van der Waals surface area contributed by atoms with Crippen molar-refractivity contribution in [1.29, 1.82) is 5.26 Å². The van der Waals surface area contributed by atoms with Crippen molar-refractivity contribution in [2.75, 3.05) is 0 Å². The van der Waals surface area contributed by atoms with Gasteiger partial charge in [-0.1, -0.05) is 36.4 Å². The Hall–Kier alpha value is -3.70. The molecule has 0 radical (unpaired) electrons. The second-order valence-electron chi connectivity index (χ2n) is 6.54. The molecule has 0 aliphatic heterocycles. The number of aryl methyl sites for hydroxylation is 1. The molecule has 0 aliphatic rings. The van der Waals surface area contributed by atoms with Gasteiger partial charge in [-0.2, -0.15) is 5.26 Å². The summed E-state index contributed by atoms with van der Waals surface area (Å²) in [6.45, 7) is 1.67. The van der Waals surface area contributed by atoms with E-state index in [9.17, 15) is 9.59 Å². The van der Waals surface area contributed by atoms with Gasteiger partial charge in [0.15, 0.2) is 5.65 Å². The molecule has 1 aromatic carbocycles. The molecular weight excluding hydrogens is 386 g/mol. The van der Waals surface area contributed by atoms with Crippen molar-refractivity contribution < 1.29 is 4.79 Å². The second kappa shape index (κ2) is 7.73. The quantitative estimate of drug-likeness (QED) is 0.535. The number of carbonyl (C=O) groups excluding carboxylic acids is 1. The molecule has 4 rings (SSSR count). The van der Waals surface area contributed by atoms with E-state index in [-0.39, 0.29) is 35.1 Å². The molecule has 0 saturated carbocycles. The molecule has 0 fully saturated rings. The van der Waals surface area contributed by atoms with E-state index in [2.05, 4.69) is 15.4 Å². The van der Waals surface area contributed by atoms with Crippen LogP contribution in [0.15, 0.2) is 58.8 Å². The molecule has 2 N–H and O–H groups in total. The lowest BCUT2D eigenvalue weighted by Gasteiger charge is -2.18. The first-order chi connectivity index (χ1) is 14.1. The van der Waals surface area contributed by atoms with Crippen molar-refractivity contribution in [1.82, 2.24) is 19.9 Å². The van der Waals surface area contributed by atoms with Crippen LogP contribution in [-0.4, -0.2) is 20.5 Å². The van der Waals surface area contributed by atoms with Crippen LogP contribution in [0.4, 0.5) is 0 Å². The number of amides is 1. The van der Waals surface area contributed by atoms with Gasteiger partial charge in [0, 0.05) is 22.3 Å². The summed E-state index contributed by atoms with van der Waals surface area (Å²) >= 11 is 1.56. The summed E-state index contributed by atoms with van der Waals surface area (Å²) in [4.78, 5) is 31.0. The fourth-order valence-corrected chi connectivity index (χ4v) is 4.04. The first kappa shape index (κ1) is 18.7. The molecule has 1 amide bonds. The Balaban J connectivity index is 1.64. The largest absolute Gasteiger partial charge is 0.344 e. The SMILES string of the molecule is Cc1nc2c(C#N)c[nH]n2c(=O)c1CC(=O)N[C@H](c1ccccc1)c1cccs1. The molecule has 8 heteroatoms. The lowest BCUT2D eigenvalue weighted by atomic mass is 10.0. The number of benzene rings is 1. The predicted molar refractivity (Wildman–Crippen MR) is 110 cm³/mol. The first-order valence-corrected chi connectivity index (χ1v) is 9.84. The summed E-state index contributed by atoms with van der Waals surface area (Å²) in [7, 11) is 0. The Morgan fingerprint density at radius 3 is 2.79 bits per heavy atom. The number of carbonyl (C=O) groups is 1. The van der Waals surface area contributed by atoms with E-state index in [1.54, 1.807) is 18.3 Å². The third-order valence-corrected chi connectivity index (χ3v) is 5.62. The van der Waals surface area contributed by atoms with Gasteiger partial charge in [-0.15, -0.1) is 11.3 Å². The van der Waals surface area contributed by atoms with Crippen molar-refractivity contribution in [3.8, 4) is 6.07 Å². The number of nitrogens with one attached hydrogen (secondary N) is 2. The number of rotatable bonds is 5. The predicted octanol–water partition coefficient (Wildman–Crippen LogP) is 2.71. The van der Waals surface area contributed by atoms with Gasteiger partial charge in [0.05, 0.1) is 12.5 Å². The lowest BCUT2D eigenvalue weighted by molar-refractivity contribution is -0.120. The van der Waals surface area contributed by atoms with Gasteiger partial charge in [0.25, 0.3) is 5.56 Å². The van der Waals surface area contributed by atoms with Crippen molar-refractivity contribution >= 4 is 22.9 Å². The average Bonchev–Trinajstić information content (AvgIpc) is 3.40. The minimum Gasteiger partial charge on any atom is -0.344 e. The van der Waals surface area contributed by atoms with E-state index in [0.717, 1.165) is 10.4 Å². The smallest absolute Gasteiger partial charge is 0.276 e. The van der Waals surface area contributed by atoms with Crippen LogP contribution in [0.1, 0.15) is 33.3 Å². The number of aromatic nitrogens is 3. The molecule has 3 aromatic heterocycles. The van der Waals surface area contributed by atoms with Crippen molar-refractivity contribution in [2.45, 2.75) is 19.4 Å². The zero-order valence-corrected chi connectivity index (χ0v) is 16.4. The molecule has 0 spiro atoms. The van der Waals surface area contributed by atoms with E-state index >= 15 is 0 Å². The maximum atomic E-state index is 12.8. The highest BCUT2D eigenvalue weighted by Gasteiger charge is 2.21. The van der Waals surface area contributed by atoms with Crippen molar-refractivity contribution in [2.24, 2.45) is 0 Å². The van der Waals surface area contributed by atoms with Crippen LogP contribution in [0, 0.1) is 18.3 Å². The van der Waals surface area contributed by atoms with Crippen molar-refractivity contribution in [3.63, 3.8) is 0 Å². The fraction of sp³-hybridized carbons (Fsp3) is 0.143. The highest BCUT2D eigenvalue weighted by atomic mass is 32.1. The number of nitrogens with zero attached hydrogens (tertiary/aromatic N) is 3. The molecule has 0 saturated heterocycles. The summed E-state index contributed by atoms with van der Waals surface area (Å²) < 4.78 is 1.20. The monoisotopic (exact) mass is 403 g/mol. The molecule has 0 aliphatic carbocycles. The number of aromatic amines is 1. The Bertz CT molecular complexity index is 1270. The number of fused-ring (bicyclic) bond motifs is 1. The third kappa shape index (κ3) is 3.56. The van der Waals surface area contributed by atoms with E-state index in [0.29, 0.717) is 11.3 Å². The summed E-state index contributed by atoms with van der Waals surface area (Å²) in [5.41, 5.74) is 1.87. The topological polar surface area (TPSA) is 103 Å². The fourth-order valence-electron chi connectivity index (χ4n) is 3.23. The number of thiophene rings is 1. The number of hydrogen-bond acceptors (Lipinski definition) is 5. The van der Waals surface area contributed by atoms with E-state index < -0.39 is 0 Å². The third-order valence-electron chi connectivity index (χ3n) is 4.69. The molecular formula is C21H17N5O2S. The van der Waals surface area contributed by atoms with Gasteiger partial charge in [-0.25, -0.2) is 9.50 Å². The molecule has 29 heavy (non-hydrogen) atoms. The van der Waals surface area contributed by atoms with Crippen LogP contribution < -0.4 is 10.9 Å². The molecule has 7 nitrogen and oxygen atoms in total. The highest BCUT2D eigenvalue weighted by molar-refractivity contribution is 7.10. The Kier molecular flexibility index (Phi) is 4.97. The average molecular weight is 403 g/mol. The molecule has 0 bridgehead atoms. The number of hydrogen-bond donors (Lipinski definition) is 2. The maximum absolute atomic E-state index is 12.8. The van der Waals surface area contributed by atoms with Crippen LogP contribution >= 0.6 is 11.3 Å². The van der Waals surface area contributed by atoms with Gasteiger partial charge in [-0.05, 0) is 23.9 Å². The van der Waals surface area contributed by atoms with Crippen LogP contribution in [0.2, 0.25) is 0 Å². The summed E-state index contributed by atoms with van der Waals surface area (Å²) in [6.07, 6.45) is 1.32. The van der Waals surface area contributed by atoms with E-state index in [1.165, 1.54) is 10.7 Å². The van der Waals surface area contributed by atoms with Gasteiger partial charge in [0.1, 0.15) is 11.6 Å². The Morgan fingerprint density at radius 2 is 2.10 bits per heavy atom.